The van der Waals surface area contributed by atoms with E-state index in [4.69, 9.17) is 0 Å². The summed E-state index contributed by atoms with van der Waals surface area (Å²) in [6.07, 6.45) is 0.729. The third kappa shape index (κ3) is 6.70. The van der Waals surface area contributed by atoms with Crippen molar-refractivity contribution in [2.45, 2.75) is 53.1 Å². The Kier molecular flexibility index (Phi) is 8.37. The fourth-order valence-corrected chi connectivity index (χ4v) is 3.20. The van der Waals surface area contributed by atoms with E-state index in [1.165, 1.54) is 12.1 Å². The summed E-state index contributed by atoms with van der Waals surface area (Å²) in [4.78, 5) is 27.7. The topological polar surface area (TPSA) is 49.4 Å². The summed E-state index contributed by atoms with van der Waals surface area (Å²) in [6, 6.07) is 13.2. The van der Waals surface area contributed by atoms with Gasteiger partial charge in [0.15, 0.2) is 0 Å². The quantitative estimate of drug-likeness (QED) is 0.686. The van der Waals surface area contributed by atoms with Crippen LogP contribution in [0.5, 0.6) is 0 Å². The van der Waals surface area contributed by atoms with Crippen LogP contribution in [0.15, 0.2) is 48.5 Å². The van der Waals surface area contributed by atoms with Crippen molar-refractivity contribution in [2.75, 3.05) is 6.54 Å². The van der Waals surface area contributed by atoms with Gasteiger partial charge in [-0.2, -0.15) is 0 Å². The number of carbonyl (C=O) groups is 2. The van der Waals surface area contributed by atoms with Crippen LogP contribution in [0.1, 0.15) is 43.9 Å². The zero-order chi connectivity index (χ0) is 21.4. The first-order valence-electron chi connectivity index (χ1n) is 10.2. The number of nitrogens with zero attached hydrogens (tertiary/aromatic N) is 1. The number of rotatable bonds is 9. The van der Waals surface area contributed by atoms with Crippen LogP contribution in [0.2, 0.25) is 0 Å². The maximum absolute atomic E-state index is 13.3. The molecule has 0 aliphatic carbocycles. The van der Waals surface area contributed by atoms with E-state index >= 15 is 0 Å². The number of hydrogen-bond acceptors (Lipinski definition) is 2. The summed E-state index contributed by atoms with van der Waals surface area (Å²) < 4.78 is 13.3. The molecule has 0 aliphatic heterocycles. The molecule has 0 aromatic heterocycles. The molecule has 0 fully saturated rings. The molecule has 0 spiro atoms. The van der Waals surface area contributed by atoms with Crippen LogP contribution in [0.25, 0.3) is 0 Å². The van der Waals surface area contributed by atoms with Gasteiger partial charge >= 0.3 is 0 Å². The van der Waals surface area contributed by atoms with E-state index in [0.29, 0.717) is 18.9 Å². The van der Waals surface area contributed by atoms with Gasteiger partial charge in [-0.05, 0) is 48.1 Å². The number of aryl methyl sites for hydroxylation is 1. The summed E-state index contributed by atoms with van der Waals surface area (Å²) in [6.45, 7) is 8.75. The van der Waals surface area contributed by atoms with E-state index in [9.17, 15) is 14.0 Å². The molecule has 4 nitrogen and oxygen atoms in total. The fourth-order valence-electron chi connectivity index (χ4n) is 3.20. The maximum Gasteiger partial charge on any atom is 0.242 e. The van der Waals surface area contributed by atoms with Crippen LogP contribution in [0.4, 0.5) is 4.39 Å². The monoisotopic (exact) mass is 398 g/mol. The average Bonchev–Trinajstić information content (AvgIpc) is 2.69. The molecular weight excluding hydrogens is 367 g/mol. The Bertz CT molecular complexity index is 818. The predicted molar refractivity (Wildman–Crippen MR) is 114 cm³/mol. The highest BCUT2D eigenvalue weighted by molar-refractivity contribution is 5.88. The minimum Gasteiger partial charge on any atom is -0.354 e. The molecule has 0 saturated heterocycles. The second kappa shape index (κ2) is 10.7. The molecule has 0 radical (unpaired) electrons. The van der Waals surface area contributed by atoms with Gasteiger partial charge < -0.3 is 10.2 Å². The van der Waals surface area contributed by atoms with Gasteiger partial charge in [0.25, 0.3) is 0 Å². The second-order valence-corrected chi connectivity index (χ2v) is 7.81. The van der Waals surface area contributed by atoms with Crippen molar-refractivity contribution in [3.8, 4) is 0 Å². The molecular formula is C24H31FN2O2. The molecule has 0 bridgehead atoms. The van der Waals surface area contributed by atoms with Gasteiger partial charge in [0.1, 0.15) is 11.9 Å². The Morgan fingerprint density at radius 2 is 1.72 bits per heavy atom. The third-order valence-corrected chi connectivity index (χ3v) is 4.94. The predicted octanol–water partition coefficient (Wildman–Crippen LogP) is 4.26. The standard InChI is InChI=1S/C24H31FN2O2/c1-5-22(24(29)26-15-17(2)3)27(16-19-10-12-21(25)13-11-19)23(28)14-20-9-7-6-8-18(20)4/h6-13,17,22H,5,14-16H2,1-4H3,(H,26,29)/t22-/m1/s1. The molecule has 1 N–H and O–H groups in total. The number of nitrogens with one attached hydrogen (secondary N) is 1. The lowest BCUT2D eigenvalue weighted by molar-refractivity contribution is -0.141. The molecule has 29 heavy (non-hydrogen) atoms. The zero-order valence-electron chi connectivity index (χ0n) is 17.7. The third-order valence-electron chi connectivity index (χ3n) is 4.94. The van der Waals surface area contributed by atoms with Crippen molar-refractivity contribution in [3.05, 3.63) is 71.0 Å². The SMILES string of the molecule is CC[C@H](C(=O)NCC(C)C)N(Cc1ccc(F)cc1)C(=O)Cc1ccccc1C. The largest absolute Gasteiger partial charge is 0.354 e. The molecule has 1 atom stereocenters. The smallest absolute Gasteiger partial charge is 0.242 e. The van der Waals surface area contributed by atoms with Crippen LogP contribution in [0.3, 0.4) is 0 Å². The average molecular weight is 399 g/mol. The van der Waals surface area contributed by atoms with Crippen LogP contribution < -0.4 is 5.32 Å². The molecule has 156 valence electrons. The van der Waals surface area contributed by atoms with Gasteiger partial charge in [-0.25, -0.2) is 4.39 Å². The lowest BCUT2D eigenvalue weighted by atomic mass is 10.0. The highest BCUT2D eigenvalue weighted by Gasteiger charge is 2.28. The Morgan fingerprint density at radius 3 is 2.31 bits per heavy atom. The fraction of sp³-hybridized carbons (Fsp3) is 0.417. The number of hydrogen-bond donors (Lipinski definition) is 1. The van der Waals surface area contributed by atoms with Crippen LogP contribution in [-0.4, -0.2) is 29.3 Å². The first kappa shape index (κ1) is 22.6. The lowest BCUT2D eigenvalue weighted by Crippen LogP contribution is -2.50. The van der Waals surface area contributed by atoms with Gasteiger partial charge in [-0.1, -0.05) is 57.2 Å². The Labute approximate surface area is 173 Å². The van der Waals surface area contributed by atoms with E-state index in [-0.39, 0.29) is 30.6 Å². The maximum atomic E-state index is 13.3. The van der Waals surface area contributed by atoms with Crippen LogP contribution >= 0.6 is 0 Å². The van der Waals surface area contributed by atoms with E-state index in [1.807, 2.05) is 52.0 Å². The number of halogens is 1. The molecule has 2 aromatic rings. The molecule has 0 heterocycles. The van der Waals surface area contributed by atoms with Gasteiger partial charge in [0.2, 0.25) is 11.8 Å². The van der Waals surface area contributed by atoms with Crippen molar-refractivity contribution in [1.29, 1.82) is 0 Å². The molecule has 5 heteroatoms. The Hall–Kier alpha value is -2.69. The molecule has 2 aromatic carbocycles. The van der Waals surface area contributed by atoms with Crippen molar-refractivity contribution in [3.63, 3.8) is 0 Å². The van der Waals surface area contributed by atoms with Crippen LogP contribution in [0, 0.1) is 18.7 Å². The van der Waals surface area contributed by atoms with E-state index in [1.54, 1.807) is 17.0 Å². The zero-order valence-corrected chi connectivity index (χ0v) is 17.7. The normalized spacial score (nSPS) is 11.9. The van der Waals surface area contributed by atoms with Crippen molar-refractivity contribution < 1.29 is 14.0 Å². The highest BCUT2D eigenvalue weighted by Crippen LogP contribution is 2.16. The molecule has 0 unspecified atom stereocenters. The molecule has 2 amide bonds. The highest BCUT2D eigenvalue weighted by atomic mass is 19.1. The summed E-state index contributed by atoms with van der Waals surface area (Å²) >= 11 is 0. The number of amides is 2. The summed E-state index contributed by atoms with van der Waals surface area (Å²) in [5, 5.41) is 2.95. The summed E-state index contributed by atoms with van der Waals surface area (Å²) in [5.41, 5.74) is 2.78. The van der Waals surface area contributed by atoms with Crippen molar-refractivity contribution in [1.82, 2.24) is 10.2 Å². The molecule has 2 rings (SSSR count). The lowest BCUT2D eigenvalue weighted by Gasteiger charge is -2.31. The van der Waals surface area contributed by atoms with E-state index < -0.39 is 6.04 Å². The van der Waals surface area contributed by atoms with Gasteiger partial charge in [-0.15, -0.1) is 0 Å². The number of benzene rings is 2. The second-order valence-electron chi connectivity index (χ2n) is 7.81. The first-order chi connectivity index (χ1) is 13.8. The van der Waals surface area contributed by atoms with E-state index in [0.717, 1.165) is 16.7 Å². The van der Waals surface area contributed by atoms with Crippen LogP contribution in [-0.2, 0) is 22.6 Å². The molecule has 0 saturated carbocycles. The Morgan fingerprint density at radius 1 is 1.07 bits per heavy atom. The van der Waals surface area contributed by atoms with Gasteiger partial charge in [-0.3, -0.25) is 9.59 Å². The minimum absolute atomic E-state index is 0.116. The van der Waals surface area contributed by atoms with Crippen molar-refractivity contribution >= 4 is 11.8 Å². The minimum atomic E-state index is -0.574. The molecule has 0 aliphatic rings. The van der Waals surface area contributed by atoms with Crippen molar-refractivity contribution in [2.24, 2.45) is 5.92 Å². The van der Waals surface area contributed by atoms with E-state index in [2.05, 4.69) is 5.32 Å². The summed E-state index contributed by atoms with van der Waals surface area (Å²) in [7, 11) is 0. The summed E-state index contributed by atoms with van der Waals surface area (Å²) in [5.74, 6) is -0.269. The number of carbonyl (C=O) groups excluding carboxylic acids is 2. The first-order valence-corrected chi connectivity index (χ1v) is 10.2. The van der Waals surface area contributed by atoms with Gasteiger partial charge in [0.05, 0.1) is 6.42 Å². The Balaban J connectivity index is 2.27. The van der Waals surface area contributed by atoms with Gasteiger partial charge in [0, 0.05) is 13.1 Å².